The molecule has 0 fully saturated rings. The van der Waals surface area contributed by atoms with Gasteiger partial charge in [-0.2, -0.15) is 5.26 Å². The summed E-state index contributed by atoms with van der Waals surface area (Å²) < 4.78 is 24.2. The highest BCUT2D eigenvalue weighted by Crippen LogP contribution is 2.33. The molecule has 0 bridgehead atoms. The molecule has 0 unspecified atom stereocenters. The van der Waals surface area contributed by atoms with Crippen LogP contribution < -0.4 is 9.47 Å². The lowest BCUT2D eigenvalue weighted by atomic mass is 10.0. The van der Waals surface area contributed by atoms with Crippen molar-refractivity contribution >= 4 is 11.6 Å². The molecule has 2 aromatic rings. The Hall–Kier alpha value is -2.80. The number of halogens is 1. The Bertz CT molecular complexity index is 731. The molecule has 0 N–H and O–H groups in total. The van der Waals surface area contributed by atoms with Gasteiger partial charge in [0.15, 0.2) is 11.5 Å². The monoisotopic (exact) mass is 267 g/mol. The maximum absolute atomic E-state index is 13.7. The Balaban J connectivity index is 2.02. The minimum absolute atomic E-state index is 0.195. The molecule has 0 saturated heterocycles. The number of ether oxygens (including phenoxy) is 2. The summed E-state index contributed by atoms with van der Waals surface area (Å²) in [5, 5.41) is 9.22. The van der Waals surface area contributed by atoms with Crippen LogP contribution in [0.1, 0.15) is 11.1 Å². The summed E-state index contributed by atoms with van der Waals surface area (Å²) in [6, 6.07) is 13.6. The Morgan fingerprint density at radius 1 is 1.15 bits per heavy atom. The molecule has 20 heavy (non-hydrogen) atoms. The second-order valence-corrected chi connectivity index (χ2v) is 4.26. The van der Waals surface area contributed by atoms with Gasteiger partial charge < -0.3 is 9.47 Å². The first-order chi connectivity index (χ1) is 9.78. The van der Waals surface area contributed by atoms with Crippen LogP contribution in [0.15, 0.2) is 42.5 Å². The highest BCUT2D eigenvalue weighted by Gasteiger charge is 2.13. The quantitative estimate of drug-likeness (QED) is 0.616. The molecule has 3 nitrogen and oxygen atoms in total. The zero-order chi connectivity index (χ0) is 13.9. The van der Waals surface area contributed by atoms with Crippen LogP contribution >= 0.6 is 0 Å². The summed E-state index contributed by atoms with van der Waals surface area (Å²) in [7, 11) is 0. The molecule has 1 heterocycles. The lowest BCUT2D eigenvalue weighted by Gasteiger charge is -2.02. The molecule has 98 valence electrons. The van der Waals surface area contributed by atoms with Crippen molar-refractivity contribution in [2.45, 2.75) is 0 Å². The summed E-state index contributed by atoms with van der Waals surface area (Å²) in [4.78, 5) is 0. The molecular weight excluding hydrogens is 257 g/mol. The van der Waals surface area contributed by atoms with Gasteiger partial charge in [-0.15, -0.1) is 0 Å². The van der Waals surface area contributed by atoms with Gasteiger partial charge in [0, 0.05) is 5.56 Å². The molecule has 0 spiro atoms. The fourth-order valence-corrected chi connectivity index (χ4v) is 2.02. The molecule has 0 saturated carbocycles. The largest absolute Gasteiger partial charge is 0.454 e. The normalized spacial score (nSPS) is 13.1. The predicted molar refractivity (Wildman–Crippen MR) is 72.4 cm³/mol. The second kappa shape index (κ2) is 5.06. The number of fused-ring (bicyclic) bond motifs is 1. The predicted octanol–water partition coefficient (Wildman–Crippen LogP) is 3.62. The van der Waals surface area contributed by atoms with Crippen LogP contribution in [0, 0.1) is 17.1 Å². The number of nitrogens with zero attached hydrogens (tertiary/aromatic N) is 1. The number of rotatable bonds is 2. The van der Waals surface area contributed by atoms with Crippen LogP contribution in [0.4, 0.5) is 4.39 Å². The summed E-state index contributed by atoms with van der Waals surface area (Å²) in [5.41, 5.74) is 1.31. The van der Waals surface area contributed by atoms with Crippen molar-refractivity contribution in [3.05, 3.63) is 59.4 Å². The van der Waals surface area contributed by atoms with E-state index in [9.17, 15) is 9.65 Å². The number of allylic oxidation sites excluding steroid dienone is 1. The molecule has 0 radical (unpaired) electrons. The van der Waals surface area contributed by atoms with Crippen molar-refractivity contribution < 1.29 is 13.9 Å². The van der Waals surface area contributed by atoms with Crippen molar-refractivity contribution in [1.82, 2.24) is 0 Å². The van der Waals surface area contributed by atoms with Gasteiger partial charge in [0.25, 0.3) is 0 Å². The Morgan fingerprint density at radius 2 is 1.95 bits per heavy atom. The van der Waals surface area contributed by atoms with Gasteiger partial charge in [-0.3, -0.25) is 0 Å². The first-order valence-electron chi connectivity index (χ1n) is 6.04. The van der Waals surface area contributed by atoms with E-state index in [0.29, 0.717) is 11.5 Å². The van der Waals surface area contributed by atoms with Crippen LogP contribution in [0.3, 0.4) is 0 Å². The van der Waals surface area contributed by atoms with Gasteiger partial charge in [-0.25, -0.2) is 4.39 Å². The van der Waals surface area contributed by atoms with Crippen molar-refractivity contribution in [2.24, 2.45) is 0 Å². The third-order valence-corrected chi connectivity index (χ3v) is 2.99. The maximum Gasteiger partial charge on any atom is 0.231 e. The van der Waals surface area contributed by atoms with Crippen LogP contribution in [0.25, 0.3) is 11.6 Å². The minimum Gasteiger partial charge on any atom is -0.454 e. The zero-order valence-corrected chi connectivity index (χ0v) is 10.5. The molecule has 0 amide bonds. The van der Waals surface area contributed by atoms with E-state index in [0.717, 1.165) is 5.56 Å². The standard InChI is InChI=1S/C16H10FNO2/c17-14-4-2-1-3-13(14)12(9-18)7-11-5-6-15-16(8-11)20-10-19-15/h1-8H,10H2. The minimum atomic E-state index is -0.416. The van der Waals surface area contributed by atoms with E-state index in [1.807, 2.05) is 6.07 Å². The molecule has 1 aliphatic rings. The number of benzene rings is 2. The summed E-state index contributed by atoms with van der Waals surface area (Å²) in [5.74, 6) is 0.886. The zero-order valence-electron chi connectivity index (χ0n) is 10.5. The van der Waals surface area contributed by atoms with E-state index in [1.165, 1.54) is 6.07 Å². The summed E-state index contributed by atoms with van der Waals surface area (Å²) in [6.07, 6.45) is 1.63. The van der Waals surface area contributed by atoms with Gasteiger partial charge in [-0.1, -0.05) is 24.3 Å². The van der Waals surface area contributed by atoms with Gasteiger partial charge in [0.2, 0.25) is 6.79 Å². The number of hydrogen-bond donors (Lipinski definition) is 0. The van der Waals surface area contributed by atoms with Gasteiger partial charge in [-0.05, 0) is 29.8 Å². The smallest absolute Gasteiger partial charge is 0.231 e. The molecule has 0 aromatic heterocycles. The Morgan fingerprint density at radius 3 is 2.75 bits per heavy atom. The third kappa shape index (κ3) is 2.21. The van der Waals surface area contributed by atoms with Gasteiger partial charge in [0.1, 0.15) is 5.82 Å². The molecule has 3 rings (SSSR count). The van der Waals surface area contributed by atoms with Crippen molar-refractivity contribution in [3.8, 4) is 17.6 Å². The molecule has 4 heteroatoms. The number of hydrogen-bond acceptors (Lipinski definition) is 3. The Labute approximate surface area is 115 Å². The van der Waals surface area contributed by atoms with Gasteiger partial charge in [0.05, 0.1) is 11.6 Å². The number of nitriles is 1. The van der Waals surface area contributed by atoms with Crippen LogP contribution in [0.5, 0.6) is 11.5 Å². The lowest BCUT2D eigenvalue weighted by molar-refractivity contribution is 0.174. The summed E-state index contributed by atoms with van der Waals surface area (Å²) in [6.45, 7) is 0.195. The maximum atomic E-state index is 13.7. The SMILES string of the molecule is N#CC(=Cc1ccc2c(c1)OCO2)c1ccccc1F. The molecule has 1 aliphatic heterocycles. The van der Waals surface area contributed by atoms with E-state index in [4.69, 9.17) is 9.47 Å². The molecular formula is C16H10FNO2. The van der Waals surface area contributed by atoms with Gasteiger partial charge >= 0.3 is 0 Å². The van der Waals surface area contributed by atoms with Crippen LogP contribution in [0.2, 0.25) is 0 Å². The van der Waals surface area contributed by atoms with Crippen LogP contribution in [-0.4, -0.2) is 6.79 Å². The van der Waals surface area contributed by atoms with E-state index in [2.05, 4.69) is 0 Å². The molecule has 0 atom stereocenters. The first kappa shape index (κ1) is 12.2. The van der Waals surface area contributed by atoms with E-state index >= 15 is 0 Å². The average molecular weight is 267 g/mol. The van der Waals surface area contributed by atoms with Crippen molar-refractivity contribution in [1.29, 1.82) is 5.26 Å². The summed E-state index contributed by atoms with van der Waals surface area (Å²) >= 11 is 0. The molecule has 0 aliphatic carbocycles. The third-order valence-electron chi connectivity index (χ3n) is 2.99. The molecule has 2 aromatic carbocycles. The van der Waals surface area contributed by atoms with Crippen LogP contribution in [-0.2, 0) is 0 Å². The fourth-order valence-electron chi connectivity index (χ4n) is 2.02. The van der Waals surface area contributed by atoms with Crippen molar-refractivity contribution in [2.75, 3.05) is 6.79 Å². The van der Waals surface area contributed by atoms with E-state index < -0.39 is 5.82 Å². The second-order valence-electron chi connectivity index (χ2n) is 4.26. The Kier molecular flexibility index (Phi) is 3.10. The average Bonchev–Trinajstić information content (AvgIpc) is 2.93. The lowest BCUT2D eigenvalue weighted by Crippen LogP contribution is -1.92. The first-order valence-corrected chi connectivity index (χ1v) is 6.04. The van der Waals surface area contributed by atoms with E-state index in [-0.39, 0.29) is 17.9 Å². The topological polar surface area (TPSA) is 42.2 Å². The fraction of sp³-hybridized carbons (Fsp3) is 0.0625. The van der Waals surface area contributed by atoms with E-state index in [1.54, 1.807) is 42.5 Å². The highest BCUT2D eigenvalue weighted by molar-refractivity contribution is 5.90. The highest BCUT2D eigenvalue weighted by atomic mass is 19.1. The van der Waals surface area contributed by atoms with Crippen molar-refractivity contribution in [3.63, 3.8) is 0 Å².